The van der Waals surface area contributed by atoms with E-state index in [9.17, 15) is 0 Å². The van der Waals surface area contributed by atoms with E-state index in [0.717, 1.165) is 82.1 Å². The van der Waals surface area contributed by atoms with E-state index in [4.69, 9.17) is 9.72 Å². The first-order chi connectivity index (χ1) is 18.3. The zero-order valence-corrected chi connectivity index (χ0v) is 20.9. The summed E-state index contributed by atoms with van der Waals surface area (Å²) in [5.74, 6) is 1.56. The number of anilines is 1. The van der Waals surface area contributed by atoms with Crippen LogP contribution in [0.4, 0.5) is 5.69 Å². The number of fused-ring (bicyclic) bond motifs is 2. The maximum Gasteiger partial charge on any atom is 0.161 e. The number of hydrogen-bond acceptors (Lipinski definition) is 6. The Morgan fingerprint density at radius 2 is 1.76 bits per heavy atom. The van der Waals surface area contributed by atoms with E-state index in [1.165, 1.54) is 38.5 Å². The molecule has 1 saturated heterocycles. The summed E-state index contributed by atoms with van der Waals surface area (Å²) in [6.45, 7) is 2.13. The van der Waals surface area contributed by atoms with Gasteiger partial charge in [-0.1, -0.05) is 12.5 Å². The predicted molar refractivity (Wildman–Crippen MR) is 146 cm³/mol. The summed E-state index contributed by atoms with van der Waals surface area (Å²) in [6.07, 6.45) is 15.7. The molecule has 5 aromatic rings. The summed E-state index contributed by atoms with van der Waals surface area (Å²) in [7, 11) is 0. The molecule has 5 heterocycles. The van der Waals surface area contributed by atoms with Crippen LogP contribution in [0.2, 0.25) is 0 Å². The van der Waals surface area contributed by atoms with Crippen molar-refractivity contribution < 1.29 is 4.74 Å². The molecule has 4 aromatic heterocycles. The zero-order valence-electron chi connectivity index (χ0n) is 20.9. The van der Waals surface area contributed by atoms with Gasteiger partial charge in [0.25, 0.3) is 0 Å². The Labute approximate surface area is 215 Å². The number of pyridine rings is 2. The second kappa shape index (κ2) is 9.50. The molecule has 188 valence electrons. The van der Waals surface area contributed by atoms with Crippen molar-refractivity contribution in [1.82, 2.24) is 30.1 Å². The lowest BCUT2D eigenvalue weighted by Gasteiger charge is -2.28. The number of aromatic nitrogens is 6. The Hall–Kier alpha value is -3.94. The third kappa shape index (κ3) is 4.30. The van der Waals surface area contributed by atoms with Gasteiger partial charge >= 0.3 is 0 Å². The Kier molecular flexibility index (Phi) is 5.72. The summed E-state index contributed by atoms with van der Waals surface area (Å²) in [5, 5.41) is 8.81. The highest BCUT2D eigenvalue weighted by atomic mass is 16.5. The fraction of sp³-hybridized carbons (Fsp3) is 0.379. The van der Waals surface area contributed by atoms with Gasteiger partial charge in [-0.05, 0) is 74.8 Å². The molecule has 0 spiro atoms. The van der Waals surface area contributed by atoms with Gasteiger partial charge in [-0.15, -0.1) is 0 Å². The number of rotatable bonds is 5. The highest BCUT2D eigenvalue weighted by Crippen LogP contribution is 2.33. The Morgan fingerprint density at radius 1 is 0.892 bits per heavy atom. The van der Waals surface area contributed by atoms with Crippen LogP contribution in [0, 0.1) is 0 Å². The maximum atomic E-state index is 6.27. The fourth-order valence-electron chi connectivity index (χ4n) is 5.79. The molecule has 0 atom stereocenters. The number of imidazole rings is 1. The molecule has 8 heteroatoms. The molecular formula is C29H31N7O. The number of piperidine rings is 1. The van der Waals surface area contributed by atoms with E-state index in [2.05, 4.69) is 60.4 Å². The monoisotopic (exact) mass is 493 g/mol. The average molecular weight is 494 g/mol. The Bertz CT molecular complexity index is 1540. The molecule has 7 rings (SSSR count). The smallest absolute Gasteiger partial charge is 0.161 e. The van der Waals surface area contributed by atoms with Crippen molar-refractivity contribution in [2.24, 2.45) is 0 Å². The number of aromatic amines is 2. The number of ether oxygens (including phenoxy) is 1. The van der Waals surface area contributed by atoms with Gasteiger partial charge in [-0.25, -0.2) is 9.97 Å². The Balaban J connectivity index is 1.23. The largest absolute Gasteiger partial charge is 0.489 e. The third-order valence-electron chi connectivity index (χ3n) is 7.75. The molecule has 1 saturated carbocycles. The lowest BCUT2D eigenvalue weighted by molar-refractivity contribution is 0.154. The minimum Gasteiger partial charge on any atom is -0.489 e. The number of benzene rings is 1. The van der Waals surface area contributed by atoms with Crippen molar-refractivity contribution in [1.29, 1.82) is 0 Å². The third-order valence-corrected chi connectivity index (χ3v) is 7.75. The fourth-order valence-corrected chi connectivity index (χ4v) is 5.79. The molecule has 1 aromatic carbocycles. The summed E-state index contributed by atoms with van der Waals surface area (Å²) in [4.78, 5) is 19.9. The topological polar surface area (TPSA) is 95.6 Å². The summed E-state index contributed by atoms with van der Waals surface area (Å²) in [5.41, 5.74) is 6.70. The van der Waals surface area contributed by atoms with Crippen LogP contribution in [0.1, 0.15) is 51.4 Å². The van der Waals surface area contributed by atoms with Crippen molar-refractivity contribution in [3.05, 3.63) is 48.9 Å². The van der Waals surface area contributed by atoms with E-state index in [0.29, 0.717) is 6.10 Å². The van der Waals surface area contributed by atoms with Gasteiger partial charge in [0.2, 0.25) is 0 Å². The molecule has 1 aliphatic carbocycles. The quantitative estimate of drug-likeness (QED) is 0.300. The van der Waals surface area contributed by atoms with Crippen LogP contribution in [0.3, 0.4) is 0 Å². The lowest BCUT2D eigenvalue weighted by Crippen LogP contribution is -2.29. The van der Waals surface area contributed by atoms with Crippen molar-refractivity contribution in [2.45, 2.75) is 57.5 Å². The molecular weight excluding hydrogens is 462 g/mol. The Morgan fingerprint density at radius 3 is 2.65 bits per heavy atom. The summed E-state index contributed by atoms with van der Waals surface area (Å²) >= 11 is 0. The molecule has 1 aliphatic heterocycles. The number of nitrogens with one attached hydrogen (secondary N) is 2. The normalized spacial score (nSPS) is 17.0. The summed E-state index contributed by atoms with van der Waals surface area (Å²) < 4.78 is 6.27. The van der Waals surface area contributed by atoms with Crippen LogP contribution in [0.15, 0.2) is 48.9 Å². The van der Waals surface area contributed by atoms with Crippen molar-refractivity contribution >= 4 is 27.8 Å². The van der Waals surface area contributed by atoms with Crippen LogP contribution in [-0.2, 0) is 0 Å². The van der Waals surface area contributed by atoms with Gasteiger partial charge in [-0.2, -0.15) is 5.10 Å². The number of hydrogen-bond donors (Lipinski definition) is 2. The first-order valence-electron chi connectivity index (χ1n) is 13.5. The van der Waals surface area contributed by atoms with Gasteiger partial charge in [-0.3, -0.25) is 10.1 Å². The molecule has 0 amide bonds. The van der Waals surface area contributed by atoms with E-state index < -0.39 is 0 Å². The molecule has 2 fully saturated rings. The van der Waals surface area contributed by atoms with E-state index in [1.807, 2.05) is 18.6 Å². The molecule has 0 unspecified atom stereocenters. The summed E-state index contributed by atoms with van der Waals surface area (Å²) in [6, 6.07) is 10.5. The second-order valence-electron chi connectivity index (χ2n) is 10.3. The van der Waals surface area contributed by atoms with Crippen molar-refractivity contribution in [3.63, 3.8) is 0 Å². The molecule has 2 aliphatic rings. The van der Waals surface area contributed by atoms with E-state index in [1.54, 1.807) is 0 Å². The molecule has 8 nitrogen and oxygen atoms in total. The first-order valence-corrected chi connectivity index (χ1v) is 13.5. The number of nitrogens with zero attached hydrogens (tertiary/aromatic N) is 5. The van der Waals surface area contributed by atoms with E-state index in [-0.39, 0.29) is 0 Å². The minimum atomic E-state index is 0.297. The van der Waals surface area contributed by atoms with Crippen LogP contribution >= 0.6 is 0 Å². The van der Waals surface area contributed by atoms with Crippen LogP contribution < -0.4 is 9.64 Å². The van der Waals surface area contributed by atoms with Crippen molar-refractivity contribution in [2.75, 3.05) is 18.0 Å². The number of H-pyrrole nitrogens is 2. The second-order valence-corrected chi connectivity index (χ2v) is 10.3. The van der Waals surface area contributed by atoms with Gasteiger partial charge in [0.05, 0.1) is 23.5 Å². The maximum absolute atomic E-state index is 6.27. The van der Waals surface area contributed by atoms with E-state index >= 15 is 0 Å². The predicted octanol–water partition coefficient (Wildman–Crippen LogP) is 6.27. The molecule has 37 heavy (non-hydrogen) atoms. The van der Waals surface area contributed by atoms with Gasteiger partial charge < -0.3 is 14.6 Å². The average Bonchev–Trinajstić information content (AvgIpc) is 3.58. The first kappa shape index (κ1) is 22.3. The lowest BCUT2D eigenvalue weighted by atomic mass is 9.98. The van der Waals surface area contributed by atoms with Crippen LogP contribution in [0.5, 0.6) is 5.75 Å². The molecule has 0 bridgehead atoms. The SMILES string of the molecule is c1cc(N2CCCCC2)c2nc(-c3n[nH]c4ccc(-c5cncc(OC6CCCCC6)c5)cc34)[nH]c2n1. The zero-order chi connectivity index (χ0) is 24.6. The van der Waals surface area contributed by atoms with Gasteiger partial charge in [0.1, 0.15) is 17.0 Å². The van der Waals surface area contributed by atoms with Crippen LogP contribution in [-0.4, -0.2) is 49.3 Å². The molecule has 2 N–H and O–H groups in total. The highest BCUT2D eigenvalue weighted by molar-refractivity contribution is 5.96. The van der Waals surface area contributed by atoms with Gasteiger partial charge in [0, 0.05) is 36.4 Å². The van der Waals surface area contributed by atoms with Crippen LogP contribution in [0.25, 0.3) is 44.7 Å². The highest BCUT2D eigenvalue weighted by Gasteiger charge is 2.20. The van der Waals surface area contributed by atoms with Crippen molar-refractivity contribution in [3.8, 4) is 28.4 Å². The minimum absolute atomic E-state index is 0.297. The molecule has 0 radical (unpaired) electrons. The standard InChI is InChI=1S/C29H31N7O/c1-3-7-21(8-4-1)37-22-15-20(17-30-18-22)19-9-10-24-23(16-19)26(35-34-24)29-32-27-25(11-12-31-28(27)33-29)36-13-5-2-6-14-36/h9-12,15-18,21H,1-8,13-14H2,(H,34,35)(H,31,32,33). The van der Waals surface area contributed by atoms with Gasteiger partial charge in [0.15, 0.2) is 11.5 Å².